The standard InChI is InChI=1S/C22H20Cl2N6O6S2/c1-10(31)34-8-16-19(35-11(2)32)18(30-7-15(28-29-30)21-27-17(24)9-37-21)20(33-3)22(36-16)38-12-4-13(23)14(5-25)26-6-12/h4,6-7,9,16,18-20,22H,8H2,1-3H3. The Hall–Kier alpha value is -2.80. The van der Waals surface area contributed by atoms with Crippen molar-refractivity contribution in [2.45, 2.75) is 48.5 Å². The number of carbonyl (C=O) groups is 2. The Morgan fingerprint density at radius 3 is 2.68 bits per heavy atom. The van der Waals surface area contributed by atoms with E-state index in [1.54, 1.807) is 17.6 Å². The van der Waals surface area contributed by atoms with Crippen LogP contribution in [0.1, 0.15) is 25.6 Å². The number of hydrogen-bond acceptors (Lipinski definition) is 13. The summed E-state index contributed by atoms with van der Waals surface area (Å²) in [6.07, 6.45) is 0.519. The number of thiazole rings is 1. The molecule has 200 valence electrons. The van der Waals surface area contributed by atoms with Gasteiger partial charge in [-0.05, 0) is 6.07 Å². The lowest BCUT2D eigenvalue weighted by Gasteiger charge is -2.44. The third kappa shape index (κ3) is 6.42. The maximum atomic E-state index is 12.1. The van der Waals surface area contributed by atoms with Crippen LogP contribution in [-0.2, 0) is 28.5 Å². The average Bonchev–Trinajstić information content (AvgIpc) is 3.52. The fraction of sp³-hybridized carbons (Fsp3) is 0.409. The van der Waals surface area contributed by atoms with Crippen molar-refractivity contribution in [1.82, 2.24) is 25.0 Å². The highest BCUT2D eigenvalue weighted by atomic mass is 35.5. The zero-order valence-corrected chi connectivity index (χ0v) is 23.3. The van der Waals surface area contributed by atoms with Gasteiger partial charge in [0.15, 0.2) is 11.8 Å². The van der Waals surface area contributed by atoms with Gasteiger partial charge in [-0.25, -0.2) is 14.6 Å². The lowest BCUT2D eigenvalue weighted by Crippen LogP contribution is -2.57. The molecule has 5 unspecified atom stereocenters. The van der Waals surface area contributed by atoms with Crippen LogP contribution in [0.15, 0.2) is 28.7 Å². The minimum Gasteiger partial charge on any atom is -0.463 e. The molecule has 4 rings (SSSR count). The first-order valence-electron chi connectivity index (χ1n) is 10.9. The Morgan fingerprint density at radius 2 is 2.08 bits per heavy atom. The van der Waals surface area contributed by atoms with Gasteiger partial charge in [0.05, 0.1) is 11.2 Å². The fourth-order valence-corrected chi connectivity index (χ4v) is 6.15. The normalized spacial score (nSPS) is 23.0. The highest BCUT2D eigenvalue weighted by Crippen LogP contribution is 2.41. The second-order valence-electron chi connectivity index (χ2n) is 7.90. The van der Waals surface area contributed by atoms with Crippen LogP contribution >= 0.6 is 46.3 Å². The van der Waals surface area contributed by atoms with Crippen molar-refractivity contribution in [1.29, 1.82) is 5.26 Å². The van der Waals surface area contributed by atoms with Gasteiger partial charge in [-0.1, -0.05) is 40.2 Å². The van der Waals surface area contributed by atoms with Gasteiger partial charge >= 0.3 is 11.9 Å². The van der Waals surface area contributed by atoms with E-state index < -0.39 is 41.7 Å². The topological polar surface area (TPSA) is 151 Å². The molecule has 0 bridgehead atoms. The fourth-order valence-electron chi connectivity index (χ4n) is 3.81. The van der Waals surface area contributed by atoms with E-state index in [1.807, 2.05) is 6.07 Å². The van der Waals surface area contributed by atoms with Gasteiger partial charge in [0, 0.05) is 37.4 Å². The molecule has 0 amide bonds. The predicted octanol–water partition coefficient (Wildman–Crippen LogP) is 3.54. The summed E-state index contributed by atoms with van der Waals surface area (Å²) in [7, 11) is 1.48. The summed E-state index contributed by atoms with van der Waals surface area (Å²) < 4.78 is 24.5. The van der Waals surface area contributed by atoms with Crippen LogP contribution in [0.25, 0.3) is 10.7 Å². The SMILES string of the molecule is COC1C(Sc2cnc(C#N)c(Cl)c2)OC(COC(C)=O)C(OC(C)=O)C1n1cc(-c2nc(Cl)cs2)nn1. The molecule has 1 saturated heterocycles. The maximum absolute atomic E-state index is 12.1. The molecular formula is C22H20Cl2N6O6S2. The molecule has 1 aliphatic rings. The number of methoxy groups -OCH3 is 1. The maximum Gasteiger partial charge on any atom is 0.303 e. The Bertz CT molecular complexity index is 1360. The van der Waals surface area contributed by atoms with Crippen LogP contribution in [-0.4, -0.2) is 74.4 Å². The van der Waals surface area contributed by atoms with Crippen molar-refractivity contribution in [3.05, 3.63) is 39.7 Å². The van der Waals surface area contributed by atoms with E-state index in [-0.39, 0.29) is 17.3 Å². The van der Waals surface area contributed by atoms with E-state index in [1.165, 1.54) is 54.9 Å². The molecule has 3 aromatic heterocycles. The monoisotopic (exact) mass is 598 g/mol. The minimum atomic E-state index is -0.967. The molecule has 4 heterocycles. The lowest BCUT2D eigenvalue weighted by atomic mass is 9.96. The van der Waals surface area contributed by atoms with E-state index in [4.69, 9.17) is 47.4 Å². The quantitative estimate of drug-likeness (QED) is 0.348. The Morgan fingerprint density at radius 1 is 1.29 bits per heavy atom. The summed E-state index contributed by atoms with van der Waals surface area (Å²) in [5.41, 5.74) is -0.194. The summed E-state index contributed by atoms with van der Waals surface area (Å²) >= 11 is 14.7. The van der Waals surface area contributed by atoms with Gasteiger partial charge in [-0.2, -0.15) is 5.26 Å². The van der Waals surface area contributed by atoms with Gasteiger partial charge in [-0.3, -0.25) is 9.59 Å². The van der Waals surface area contributed by atoms with Crippen molar-refractivity contribution in [2.75, 3.05) is 13.7 Å². The molecule has 0 aromatic carbocycles. The number of esters is 2. The number of thioether (sulfide) groups is 1. The van der Waals surface area contributed by atoms with Crippen molar-refractivity contribution in [3.63, 3.8) is 0 Å². The van der Waals surface area contributed by atoms with Gasteiger partial charge in [0.25, 0.3) is 0 Å². The van der Waals surface area contributed by atoms with Crippen LogP contribution in [0.5, 0.6) is 0 Å². The number of ether oxygens (including phenoxy) is 4. The molecular weight excluding hydrogens is 579 g/mol. The number of halogens is 2. The van der Waals surface area contributed by atoms with E-state index in [0.29, 0.717) is 20.8 Å². The molecule has 0 aliphatic carbocycles. The Balaban J connectivity index is 1.74. The molecule has 5 atom stereocenters. The van der Waals surface area contributed by atoms with E-state index in [2.05, 4.69) is 20.3 Å². The van der Waals surface area contributed by atoms with Crippen molar-refractivity contribution in [2.24, 2.45) is 0 Å². The number of hydrogen-bond donors (Lipinski definition) is 0. The second kappa shape index (κ2) is 12.4. The summed E-state index contributed by atoms with van der Waals surface area (Å²) in [5, 5.41) is 20.3. The number of carbonyl (C=O) groups excluding carboxylic acids is 2. The number of nitrogens with zero attached hydrogens (tertiary/aromatic N) is 6. The van der Waals surface area contributed by atoms with Crippen molar-refractivity contribution < 1.29 is 28.5 Å². The molecule has 16 heteroatoms. The molecule has 1 fully saturated rings. The molecule has 0 spiro atoms. The average molecular weight is 599 g/mol. The van der Waals surface area contributed by atoms with Crippen LogP contribution < -0.4 is 0 Å². The van der Waals surface area contributed by atoms with Gasteiger partial charge < -0.3 is 18.9 Å². The number of rotatable bonds is 8. The number of nitriles is 1. The van der Waals surface area contributed by atoms with E-state index >= 15 is 0 Å². The van der Waals surface area contributed by atoms with Gasteiger partial charge in [0.1, 0.15) is 52.2 Å². The first-order valence-corrected chi connectivity index (χ1v) is 13.5. The van der Waals surface area contributed by atoms with Crippen molar-refractivity contribution in [3.8, 4) is 16.8 Å². The zero-order chi connectivity index (χ0) is 27.4. The molecule has 38 heavy (non-hydrogen) atoms. The summed E-state index contributed by atoms with van der Waals surface area (Å²) in [6.45, 7) is 2.32. The van der Waals surface area contributed by atoms with E-state index in [9.17, 15) is 9.59 Å². The highest BCUT2D eigenvalue weighted by Gasteiger charge is 2.50. The van der Waals surface area contributed by atoms with Crippen LogP contribution in [0.3, 0.4) is 0 Å². The minimum absolute atomic E-state index is 0.0850. The molecule has 0 N–H and O–H groups in total. The largest absolute Gasteiger partial charge is 0.463 e. The molecule has 0 radical (unpaired) electrons. The van der Waals surface area contributed by atoms with Gasteiger partial charge in [-0.15, -0.1) is 16.4 Å². The number of aromatic nitrogens is 5. The van der Waals surface area contributed by atoms with Crippen LogP contribution in [0, 0.1) is 11.3 Å². The Labute approximate surface area is 235 Å². The van der Waals surface area contributed by atoms with Gasteiger partial charge in [0.2, 0.25) is 0 Å². The third-order valence-corrected chi connectivity index (χ3v) is 7.91. The first kappa shape index (κ1) is 28.2. The Kier molecular flexibility index (Phi) is 9.19. The molecule has 12 nitrogen and oxygen atoms in total. The third-order valence-electron chi connectivity index (χ3n) is 5.33. The van der Waals surface area contributed by atoms with Crippen LogP contribution in [0.2, 0.25) is 10.2 Å². The summed E-state index contributed by atoms with van der Waals surface area (Å²) in [4.78, 5) is 32.6. The molecule has 3 aromatic rings. The zero-order valence-electron chi connectivity index (χ0n) is 20.1. The second-order valence-corrected chi connectivity index (χ2v) is 10.7. The molecule has 1 aliphatic heterocycles. The van der Waals surface area contributed by atoms with Crippen LogP contribution in [0.4, 0.5) is 0 Å². The first-order chi connectivity index (χ1) is 18.2. The highest BCUT2D eigenvalue weighted by molar-refractivity contribution is 7.99. The number of pyridine rings is 1. The predicted molar refractivity (Wildman–Crippen MR) is 137 cm³/mol. The summed E-state index contributed by atoms with van der Waals surface area (Å²) in [6, 6.07) is 2.74. The smallest absolute Gasteiger partial charge is 0.303 e. The summed E-state index contributed by atoms with van der Waals surface area (Å²) in [5.74, 6) is -1.11. The molecule has 0 saturated carbocycles. The lowest BCUT2D eigenvalue weighted by molar-refractivity contribution is -0.208. The van der Waals surface area contributed by atoms with Crippen molar-refractivity contribution >= 4 is 58.2 Å². The van der Waals surface area contributed by atoms with E-state index in [0.717, 1.165) is 0 Å².